The predicted octanol–water partition coefficient (Wildman–Crippen LogP) is 2.94. The maximum atomic E-state index is 5.49. The number of hydrogen-bond acceptors (Lipinski definition) is 3. The summed E-state index contributed by atoms with van der Waals surface area (Å²) < 4.78 is 16.4. The molecule has 0 saturated carbocycles. The zero-order chi connectivity index (χ0) is 14.2. The van der Waals surface area contributed by atoms with E-state index in [0.29, 0.717) is 13.2 Å². The molecule has 2 aromatic carbocycles. The van der Waals surface area contributed by atoms with Gasteiger partial charge < -0.3 is 14.2 Å². The zero-order valence-electron chi connectivity index (χ0n) is 12.2. The molecule has 0 radical (unpaired) electrons. The average Bonchev–Trinajstić information content (AvgIpc) is 2.75. The Morgan fingerprint density at radius 1 is 1.05 bits per heavy atom. The second-order valence-electron chi connectivity index (χ2n) is 5.51. The molecule has 0 heterocycles. The standard InChI is InChI=1S/C17H20O3/c1-18-10-17(11-19-2)9-13-8-14(20-3)7-12-5-4-6-15(17)16(12)13/h4-8H,9-11H2,1-3H3. The first-order valence-corrected chi connectivity index (χ1v) is 6.82. The van der Waals surface area contributed by atoms with Crippen LogP contribution in [0.15, 0.2) is 30.3 Å². The lowest BCUT2D eigenvalue weighted by Gasteiger charge is -2.29. The summed E-state index contributed by atoms with van der Waals surface area (Å²) in [4.78, 5) is 0. The molecule has 0 saturated heterocycles. The third-order valence-corrected chi connectivity index (χ3v) is 4.21. The number of hydrogen-bond donors (Lipinski definition) is 0. The zero-order valence-corrected chi connectivity index (χ0v) is 12.2. The van der Waals surface area contributed by atoms with Crippen molar-refractivity contribution in [3.63, 3.8) is 0 Å². The molecule has 106 valence electrons. The van der Waals surface area contributed by atoms with E-state index >= 15 is 0 Å². The largest absolute Gasteiger partial charge is 0.497 e. The summed E-state index contributed by atoms with van der Waals surface area (Å²) in [5, 5.41) is 2.56. The van der Waals surface area contributed by atoms with E-state index in [4.69, 9.17) is 14.2 Å². The lowest BCUT2D eigenvalue weighted by molar-refractivity contribution is 0.0623. The molecule has 3 nitrogen and oxygen atoms in total. The first-order valence-electron chi connectivity index (χ1n) is 6.82. The predicted molar refractivity (Wildman–Crippen MR) is 79.6 cm³/mol. The number of ether oxygens (including phenoxy) is 3. The van der Waals surface area contributed by atoms with E-state index in [1.807, 2.05) is 0 Å². The van der Waals surface area contributed by atoms with E-state index in [2.05, 4.69) is 30.3 Å². The Balaban J connectivity index is 2.21. The van der Waals surface area contributed by atoms with E-state index in [1.165, 1.54) is 21.9 Å². The van der Waals surface area contributed by atoms with Crippen molar-refractivity contribution in [2.45, 2.75) is 11.8 Å². The number of methoxy groups -OCH3 is 3. The molecule has 0 spiro atoms. The lowest BCUT2D eigenvalue weighted by Crippen LogP contribution is -2.36. The fourth-order valence-corrected chi connectivity index (χ4v) is 3.50. The van der Waals surface area contributed by atoms with Crippen LogP contribution in [0.5, 0.6) is 5.75 Å². The first-order chi connectivity index (χ1) is 9.74. The van der Waals surface area contributed by atoms with Crippen LogP contribution in [0.1, 0.15) is 11.1 Å². The Morgan fingerprint density at radius 2 is 1.80 bits per heavy atom. The molecule has 0 fully saturated rings. The van der Waals surface area contributed by atoms with Crippen molar-refractivity contribution < 1.29 is 14.2 Å². The van der Waals surface area contributed by atoms with Crippen molar-refractivity contribution in [3.8, 4) is 5.75 Å². The number of benzene rings is 2. The smallest absolute Gasteiger partial charge is 0.119 e. The first kappa shape index (κ1) is 13.4. The molecule has 0 unspecified atom stereocenters. The average molecular weight is 272 g/mol. The van der Waals surface area contributed by atoms with E-state index in [-0.39, 0.29) is 5.41 Å². The van der Waals surface area contributed by atoms with Gasteiger partial charge in [0.25, 0.3) is 0 Å². The van der Waals surface area contributed by atoms with Gasteiger partial charge in [-0.1, -0.05) is 18.2 Å². The fourth-order valence-electron chi connectivity index (χ4n) is 3.50. The highest BCUT2D eigenvalue weighted by Crippen LogP contribution is 2.44. The van der Waals surface area contributed by atoms with Gasteiger partial charge in [-0.05, 0) is 40.5 Å². The molecule has 0 N–H and O–H groups in total. The highest BCUT2D eigenvalue weighted by Gasteiger charge is 2.40. The Bertz CT molecular complexity index is 627. The summed E-state index contributed by atoms with van der Waals surface area (Å²) >= 11 is 0. The minimum Gasteiger partial charge on any atom is -0.497 e. The van der Waals surface area contributed by atoms with Gasteiger partial charge in [0.15, 0.2) is 0 Å². The molecule has 3 rings (SSSR count). The van der Waals surface area contributed by atoms with Crippen molar-refractivity contribution in [3.05, 3.63) is 41.5 Å². The maximum absolute atomic E-state index is 5.49. The van der Waals surface area contributed by atoms with Crippen LogP contribution >= 0.6 is 0 Å². The normalized spacial score (nSPS) is 15.8. The van der Waals surface area contributed by atoms with Crippen LogP contribution in [0.25, 0.3) is 10.8 Å². The van der Waals surface area contributed by atoms with Gasteiger partial charge >= 0.3 is 0 Å². The van der Waals surface area contributed by atoms with Gasteiger partial charge in [0.1, 0.15) is 5.75 Å². The molecule has 0 amide bonds. The van der Waals surface area contributed by atoms with Crippen molar-refractivity contribution in [2.24, 2.45) is 0 Å². The van der Waals surface area contributed by atoms with Gasteiger partial charge in [-0.15, -0.1) is 0 Å². The Morgan fingerprint density at radius 3 is 2.45 bits per heavy atom. The molecule has 20 heavy (non-hydrogen) atoms. The van der Waals surface area contributed by atoms with Crippen LogP contribution < -0.4 is 4.74 Å². The van der Waals surface area contributed by atoms with Gasteiger partial charge in [0, 0.05) is 19.6 Å². The lowest BCUT2D eigenvalue weighted by atomic mass is 9.82. The topological polar surface area (TPSA) is 27.7 Å². The quantitative estimate of drug-likeness (QED) is 0.837. The van der Waals surface area contributed by atoms with Crippen LogP contribution in [0.3, 0.4) is 0 Å². The van der Waals surface area contributed by atoms with Crippen LogP contribution in [0.4, 0.5) is 0 Å². The van der Waals surface area contributed by atoms with Gasteiger partial charge in [0.2, 0.25) is 0 Å². The van der Waals surface area contributed by atoms with Crippen LogP contribution in [-0.4, -0.2) is 34.5 Å². The molecule has 3 heteroatoms. The van der Waals surface area contributed by atoms with Gasteiger partial charge in [0.05, 0.1) is 20.3 Å². The molecular formula is C17H20O3. The summed E-state index contributed by atoms with van der Waals surface area (Å²) in [6.07, 6.45) is 0.932. The monoisotopic (exact) mass is 272 g/mol. The maximum Gasteiger partial charge on any atom is 0.119 e. The molecule has 0 aromatic heterocycles. The van der Waals surface area contributed by atoms with Crippen molar-refractivity contribution in [2.75, 3.05) is 34.5 Å². The minimum absolute atomic E-state index is 0.0856. The van der Waals surface area contributed by atoms with Crippen LogP contribution in [0.2, 0.25) is 0 Å². The molecule has 0 bridgehead atoms. The molecule has 1 aliphatic rings. The molecular weight excluding hydrogens is 252 g/mol. The number of rotatable bonds is 5. The second-order valence-corrected chi connectivity index (χ2v) is 5.51. The second kappa shape index (κ2) is 5.08. The van der Waals surface area contributed by atoms with E-state index < -0.39 is 0 Å². The third kappa shape index (κ3) is 1.89. The van der Waals surface area contributed by atoms with E-state index in [9.17, 15) is 0 Å². The Kier molecular flexibility index (Phi) is 3.40. The molecule has 0 aliphatic heterocycles. The summed E-state index contributed by atoms with van der Waals surface area (Å²) in [6.45, 7) is 1.33. The van der Waals surface area contributed by atoms with E-state index in [0.717, 1.165) is 12.2 Å². The Hall–Kier alpha value is -1.58. The van der Waals surface area contributed by atoms with Crippen molar-refractivity contribution in [1.29, 1.82) is 0 Å². The SMILES string of the molecule is COCC1(COC)Cc2cc(OC)cc3cccc1c23. The molecule has 0 atom stereocenters. The van der Waals surface area contributed by atoms with E-state index in [1.54, 1.807) is 21.3 Å². The Labute approximate surface area is 119 Å². The minimum atomic E-state index is -0.0856. The van der Waals surface area contributed by atoms with Gasteiger partial charge in [-0.2, -0.15) is 0 Å². The highest BCUT2D eigenvalue weighted by atomic mass is 16.5. The molecule has 1 aliphatic carbocycles. The van der Waals surface area contributed by atoms with Crippen LogP contribution in [0, 0.1) is 0 Å². The molecule has 2 aromatic rings. The van der Waals surface area contributed by atoms with Crippen LogP contribution in [-0.2, 0) is 21.3 Å². The van der Waals surface area contributed by atoms with Crippen molar-refractivity contribution >= 4 is 10.8 Å². The summed E-state index contributed by atoms with van der Waals surface area (Å²) in [7, 11) is 5.21. The summed E-state index contributed by atoms with van der Waals surface area (Å²) in [5.41, 5.74) is 2.57. The summed E-state index contributed by atoms with van der Waals surface area (Å²) in [5.74, 6) is 0.912. The summed E-state index contributed by atoms with van der Waals surface area (Å²) in [6, 6.07) is 10.7. The fraction of sp³-hybridized carbons (Fsp3) is 0.412. The third-order valence-electron chi connectivity index (χ3n) is 4.21. The van der Waals surface area contributed by atoms with Gasteiger partial charge in [-0.3, -0.25) is 0 Å². The van der Waals surface area contributed by atoms with Gasteiger partial charge in [-0.25, -0.2) is 0 Å². The highest BCUT2D eigenvalue weighted by molar-refractivity contribution is 5.93. The van der Waals surface area contributed by atoms with Crippen molar-refractivity contribution in [1.82, 2.24) is 0 Å².